The lowest BCUT2D eigenvalue weighted by Crippen LogP contribution is -2.36. The first-order chi connectivity index (χ1) is 13.8. The molecule has 1 aliphatic rings. The third kappa shape index (κ3) is 4.61. The van der Waals surface area contributed by atoms with Crippen LogP contribution in [-0.4, -0.2) is 36.6 Å². The molecule has 0 atom stereocenters. The van der Waals surface area contributed by atoms with Crippen LogP contribution in [0.5, 0.6) is 0 Å². The van der Waals surface area contributed by atoms with Crippen molar-refractivity contribution < 1.29 is 18.1 Å². The van der Waals surface area contributed by atoms with Gasteiger partial charge in [-0.15, -0.1) is 0 Å². The number of nitrogens with one attached hydrogen (secondary N) is 2. The van der Waals surface area contributed by atoms with Crippen molar-refractivity contribution >= 4 is 27.3 Å². The van der Waals surface area contributed by atoms with Crippen LogP contribution in [0.25, 0.3) is 5.70 Å². The van der Waals surface area contributed by atoms with Crippen molar-refractivity contribution in [1.29, 1.82) is 0 Å². The van der Waals surface area contributed by atoms with Crippen LogP contribution in [0.15, 0.2) is 60.0 Å². The van der Waals surface area contributed by atoms with Gasteiger partial charge in [-0.25, -0.2) is 8.42 Å². The highest BCUT2D eigenvalue weighted by molar-refractivity contribution is 7.89. The van der Waals surface area contributed by atoms with E-state index in [9.17, 15) is 23.3 Å². The van der Waals surface area contributed by atoms with Crippen LogP contribution in [0.4, 0.5) is 5.69 Å². The molecule has 1 heterocycles. The van der Waals surface area contributed by atoms with E-state index in [1.165, 1.54) is 52.8 Å². The van der Waals surface area contributed by atoms with Gasteiger partial charge in [0.2, 0.25) is 10.0 Å². The van der Waals surface area contributed by atoms with E-state index >= 15 is 0 Å². The zero-order valence-corrected chi connectivity index (χ0v) is 16.3. The summed E-state index contributed by atoms with van der Waals surface area (Å²) in [5.41, 5.74) is 6.09. The van der Waals surface area contributed by atoms with Gasteiger partial charge in [0.05, 0.1) is 15.5 Å². The SMILES string of the molecule is C=C(NNC(=O)c1cccc(S(=O)(=O)N2CCCC2)c1)c1ccc([N+](=O)[O-])cc1. The monoisotopic (exact) mass is 416 g/mol. The quantitative estimate of drug-likeness (QED) is 0.528. The molecule has 2 aromatic rings. The summed E-state index contributed by atoms with van der Waals surface area (Å²) in [4.78, 5) is 22.7. The Bertz CT molecular complexity index is 1040. The molecule has 1 aliphatic heterocycles. The lowest BCUT2D eigenvalue weighted by Gasteiger charge is -2.16. The van der Waals surface area contributed by atoms with Crippen molar-refractivity contribution in [3.05, 3.63) is 76.4 Å². The fraction of sp³-hybridized carbons (Fsp3) is 0.211. The van der Waals surface area contributed by atoms with Gasteiger partial charge in [-0.1, -0.05) is 12.6 Å². The molecule has 10 heteroatoms. The van der Waals surface area contributed by atoms with Crippen LogP contribution in [0.3, 0.4) is 0 Å². The van der Waals surface area contributed by atoms with Crippen LogP contribution in [0.2, 0.25) is 0 Å². The summed E-state index contributed by atoms with van der Waals surface area (Å²) in [7, 11) is -3.62. The van der Waals surface area contributed by atoms with Gasteiger partial charge >= 0.3 is 0 Å². The third-order valence-corrected chi connectivity index (χ3v) is 6.45. The molecular weight excluding hydrogens is 396 g/mol. The average Bonchev–Trinajstić information content (AvgIpc) is 3.27. The number of carbonyl (C=O) groups is 1. The van der Waals surface area contributed by atoms with Crippen molar-refractivity contribution in [3.8, 4) is 0 Å². The average molecular weight is 416 g/mol. The van der Waals surface area contributed by atoms with Gasteiger partial charge in [0, 0.05) is 30.8 Å². The van der Waals surface area contributed by atoms with E-state index in [2.05, 4.69) is 17.4 Å². The Balaban J connectivity index is 1.66. The van der Waals surface area contributed by atoms with Crippen molar-refractivity contribution in [3.63, 3.8) is 0 Å². The van der Waals surface area contributed by atoms with E-state index in [4.69, 9.17) is 0 Å². The number of hydrogen-bond donors (Lipinski definition) is 2. The van der Waals surface area contributed by atoms with Crippen LogP contribution >= 0.6 is 0 Å². The highest BCUT2D eigenvalue weighted by Crippen LogP contribution is 2.21. The summed E-state index contributed by atoms with van der Waals surface area (Å²) in [6.45, 7) is 4.74. The Morgan fingerprint density at radius 1 is 1.03 bits per heavy atom. The van der Waals surface area contributed by atoms with Crippen LogP contribution in [0.1, 0.15) is 28.8 Å². The number of benzene rings is 2. The summed E-state index contributed by atoms with van der Waals surface area (Å²) in [5.74, 6) is -0.536. The minimum Gasteiger partial charge on any atom is -0.298 e. The number of nitro benzene ring substituents is 1. The second-order valence-corrected chi connectivity index (χ2v) is 8.44. The number of nitrogens with zero attached hydrogens (tertiary/aromatic N) is 2. The van der Waals surface area contributed by atoms with E-state index in [1.807, 2.05) is 0 Å². The summed E-state index contributed by atoms with van der Waals surface area (Å²) in [6, 6.07) is 11.5. The smallest absolute Gasteiger partial charge is 0.269 e. The molecule has 1 amide bonds. The summed E-state index contributed by atoms with van der Waals surface area (Å²) in [6.07, 6.45) is 1.65. The van der Waals surface area contributed by atoms with E-state index < -0.39 is 20.9 Å². The van der Waals surface area contributed by atoms with Gasteiger partial charge in [0.25, 0.3) is 11.6 Å². The number of hydrogen-bond acceptors (Lipinski definition) is 6. The number of sulfonamides is 1. The maximum Gasteiger partial charge on any atom is 0.269 e. The number of nitro groups is 1. The maximum absolute atomic E-state index is 12.7. The fourth-order valence-electron chi connectivity index (χ4n) is 2.94. The Hall–Kier alpha value is -3.24. The Morgan fingerprint density at radius 3 is 2.31 bits per heavy atom. The number of rotatable bonds is 7. The van der Waals surface area contributed by atoms with Gasteiger partial charge in [-0.2, -0.15) is 4.31 Å². The Labute approximate surface area is 168 Å². The van der Waals surface area contributed by atoms with E-state index in [-0.39, 0.29) is 16.1 Å². The molecule has 0 aliphatic carbocycles. The van der Waals surface area contributed by atoms with Gasteiger partial charge in [-0.3, -0.25) is 25.8 Å². The molecule has 0 radical (unpaired) electrons. The first-order valence-electron chi connectivity index (χ1n) is 8.89. The fourth-order valence-corrected chi connectivity index (χ4v) is 4.50. The molecule has 152 valence electrons. The van der Waals surface area contributed by atoms with Crippen LogP contribution < -0.4 is 10.9 Å². The molecule has 0 unspecified atom stereocenters. The molecule has 1 saturated heterocycles. The zero-order chi connectivity index (χ0) is 21.0. The highest BCUT2D eigenvalue weighted by atomic mass is 32.2. The number of carbonyl (C=O) groups excluding carboxylic acids is 1. The molecule has 2 aromatic carbocycles. The largest absolute Gasteiger partial charge is 0.298 e. The lowest BCUT2D eigenvalue weighted by molar-refractivity contribution is -0.384. The molecule has 2 N–H and O–H groups in total. The maximum atomic E-state index is 12.7. The minimum absolute atomic E-state index is 0.0541. The topological polar surface area (TPSA) is 122 Å². The van der Waals surface area contributed by atoms with E-state index in [0.717, 1.165) is 12.8 Å². The van der Waals surface area contributed by atoms with E-state index in [0.29, 0.717) is 24.4 Å². The van der Waals surface area contributed by atoms with Gasteiger partial charge in [0.1, 0.15) is 0 Å². The molecule has 9 nitrogen and oxygen atoms in total. The highest BCUT2D eigenvalue weighted by Gasteiger charge is 2.27. The molecular formula is C19H20N4O5S. The second kappa shape index (κ2) is 8.41. The number of hydrazine groups is 1. The van der Waals surface area contributed by atoms with Gasteiger partial charge < -0.3 is 0 Å². The second-order valence-electron chi connectivity index (χ2n) is 6.50. The van der Waals surface area contributed by atoms with Crippen molar-refractivity contribution in [2.45, 2.75) is 17.7 Å². The predicted molar refractivity (Wildman–Crippen MR) is 107 cm³/mol. The van der Waals surface area contributed by atoms with Gasteiger partial charge in [-0.05, 0) is 48.7 Å². The van der Waals surface area contributed by atoms with Crippen LogP contribution in [0, 0.1) is 10.1 Å². The third-order valence-electron chi connectivity index (χ3n) is 4.55. The lowest BCUT2D eigenvalue weighted by atomic mass is 10.1. The molecule has 0 bridgehead atoms. The first-order valence-corrected chi connectivity index (χ1v) is 10.3. The molecule has 0 spiro atoms. The normalized spacial score (nSPS) is 14.3. The molecule has 1 fully saturated rings. The Kier molecular flexibility index (Phi) is 5.95. The van der Waals surface area contributed by atoms with Crippen molar-refractivity contribution in [1.82, 2.24) is 15.2 Å². The summed E-state index contributed by atoms with van der Waals surface area (Å²) < 4.78 is 26.7. The molecule has 0 saturated carbocycles. The molecule has 3 rings (SSSR count). The number of non-ortho nitro benzene ring substituents is 1. The number of amides is 1. The van der Waals surface area contributed by atoms with Crippen molar-refractivity contribution in [2.75, 3.05) is 13.1 Å². The van der Waals surface area contributed by atoms with E-state index in [1.54, 1.807) is 0 Å². The van der Waals surface area contributed by atoms with Gasteiger partial charge in [0.15, 0.2) is 0 Å². The molecule has 0 aromatic heterocycles. The minimum atomic E-state index is -3.62. The summed E-state index contributed by atoms with van der Waals surface area (Å²) in [5, 5.41) is 10.7. The standard InChI is InChI=1S/C19H20N4O5S/c1-14(15-7-9-17(10-8-15)23(25)26)20-21-19(24)16-5-4-6-18(13-16)29(27,28)22-11-2-3-12-22/h4-10,13,20H,1-3,11-12H2,(H,21,24). The Morgan fingerprint density at radius 2 is 1.69 bits per heavy atom. The first kappa shape index (κ1) is 20.5. The summed E-state index contributed by atoms with van der Waals surface area (Å²) >= 11 is 0. The van der Waals surface area contributed by atoms with Crippen molar-refractivity contribution in [2.24, 2.45) is 0 Å². The molecule has 29 heavy (non-hydrogen) atoms. The van der Waals surface area contributed by atoms with Crippen LogP contribution in [-0.2, 0) is 10.0 Å². The zero-order valence-electron chi connectivity index (χ0n) is 15.5. The predicted octanol–water partition coefficient (Wildman–Crippen LogP) is 2.28.